The summed E-state index contributed by atoms with van der Waals surface area (Å²) in [5.41, 5.74) is 0. The third kappa shape index (κ3) is 17.0. The van der Waals surface area contributed by atoms with E-state index in [4.69, 9.17) is 5.11 Å². The van der Waals surface area contributed by atoms with E-state index in [9.17, 15) is 9.90 Å². The molecule has 0 saturated carbocycles. The summed E-state index contributed by atoms with van der Waals surface area (Å²) in [6, 6.07) is 3.14. The quantitative estimate of drug-likeness (QED) is 0.149. The fourth-order valence-electron chi connectivity index (χ4n) is 4.02. The highest BCUT2D eigenvalue weighted by atomic mass is 16.4. The number of carboxylic acid groups (broad SMARTS) is 1. The lowest BCUT2D eigenvalue weighted by Crippen LogP contribution is -2.37. The second kappa shape index (κ2) is 20.1. The van der Waals surface area contributed by atoms with Crippen molar-refractivity contribution in [2.45, 2.75) is 103 Å². The Kier molecular flexibility index (Phi) is 17.8. The highest BCUT2D eigenvalue weighted by molar-refractivity contribution is 5.68. The van der Waals surface area contributed by atoms with Crippen molar-refractivity contribution >= 4 is 12.2 Å². The molecule has 0 aliphatic carbocycles. The van der Waals surface area contributed by atoms with Crippen molar-refractivity contribution in [3.05, 3.63) is 0 Å². The van der Waals surface area contributed by atoms with Crippen LogP contribution in [0.2, 0.25) is 0 Å². The Morgan fingerprint density at radius 3 is 2.31 bits per heavy atom. The smallest absolute Gasteiger partial charge is 0.369 e. The van der Waals surface area contributed by atoms with E-state index in [1.807, 2.05) is 15.7 Å². The van der Waals surface area contributed by atoms with Gasteiger partial charge in [0.1, 0.15) is 0 Å². The van der Waals surface area contributed by atoms with Gasteiger partial charge in [0, 0.05) is 25.7 Å². The summed E-state index contributed by atoms with van der Waals surface area (Å²) in [5.74, 6) is 2.25. The molecule has 0 amide bonds. The molecule has 3 N–H and O–H groups in total. The van der Waals surface area contributed by atoms with Crippen molar-refractivity contribution in [1.82, 2.24) is 10.2 Å². The van der Waals surface area contributed by atoms with E-state index in [2.05, 4.69) is 24.2 Å². The number of unbranched alkanes of at least 4 members (excludes halogenated alkanes) is 11. The molecule has 0 radical (unpaired) electrons. The number of carbonyl (C=O) groups is 1. The molecular formula is C26H48N3O3+. The normalized spacial score (nSPS) is 14.8. The zero-order valence-electron chi connectivity index (χ0n) is 20.5. The lowest BCUT2D eigenvalue weighted by Gasteiger charge is -2.18. The molecule has 1 aliphatic heterocycles. The average Bonchev–Trinajstić information content (AvgIpc) is 2.75. The largest absolute Gasteiger partial charge is 0.477 e. The van der Waals surface area contributed by atoms with Crippen LogP contribution in [0.15, 0.2) is 0 Å². The van der Waals surface area contributed by atoms with E-state index >= 15 is 0 Å². The first-order chi connectivity index (χ1) is 15.6. The van der Waals surface area contributed by atoms with Crippen LogP contribution in [0.25, 0.3) is 0 Å². The number of nitrogens with one attached hydrogen (secondary N) is 1. The Morgan fingerprint density at radius 2 is 1.69 bits per heavy atom. The number of aliphatic hydroxyl groups is 1. The Labute approximate surface area is 196 Å². The van der Waals surface area contributed by atoms with Crippen LogP contribution in [0.3, 0.4) is 0 Å². The van der Waals surface area contributed by atoms with Crippen LogP contribution in [0.4, 0.5) is 0 Å². The topological polar surface area (TPSA) is 75.8 Å². The van der Waals surface area contributed by atoms with Gasteiger partial charge >= 0.3 is 5.97 Å². The molecule has 184 valence electrons. The molecule has 1 rings (SSSR count). The summed E-state index contributed by atoms with van der Waals surface area (Å²) in [4.78, 5) is 12.9. The van der Waals surface area contributed by atoms with Crippen molar-refractivity contribution in [2.24, 2.45) is 0 Å². The second-order valence-corrected chi connectivity index (χ2v) is 9.06. The standard InChI is InChI=1S/C26H47N3O3/c1-2-3-4-5-6-7-8-9-10-11-12-13-16-25(30)23-27-17-20-28-18-14-15-19-29(22-21-28)24-26(31)32/h19,25,27,30H,2-13,15-17,20-24H2,1H3/p+1. The Hall–Kier alpha value is -1.58. The Balaban J connectivity index is 1.93. The first-order valence-electron chi connectivity index (χ1n) is 13.0. The maximum atomic E-state index is 10.9. The molecule has 6 nitrogen and oxygen atoms in total. The van der Waals surface area contributed by atoms with Gasteiger partial charge in [-0.25, -0.2) is 9.37 Å². The molecule has 0 spiro atoms. The summed E-state index contributed by atoms with van der Waals surface area (Å²) in [5, 5.41) is 22.4. The van der Waals surface area contributed by atoms with Crippen molar-refractivity contribution in [2.75, 3.05) is 39.3 Å². The van der Waals surface area contributed by atoms with Crippen LogP contribution >= 0.6 is 0 Å². The fourth-order valence-corrected chi connectivity index (χ4v) is 4.02. The molecule has 1 heterocycles. The van der Waals surface area contributed by atoms with E-state index in [1.54, 1.807) is 0 Å². The number of carboxylic acids is 1. The van der Waals surface area contributed by atoms with Gasteiger partial charge in [-0.1, -0.05) is 89.9 Å². The molecule has 1 aliphatic rings. The van der Waals surface area contributed by atoms with Crippen molar-refractivity contribution in [3.63, 3.8) is 0 Å². The zero-order valence-corrected chi connectivity index (χ0v) is 20.5. The van der Waals surface area contributed by atoms with Gasteiger partial charge in [0.2, 0.25) is 6.54 Å². The van der Waals surface area contributed by atoms with Gasteiger partial charge in [-0.05, 0) is 6.42 Å². The third-order valence-corrected chi connectivity index (χ3v) is 6.01. The molecule has 1 atom stereocenters. The molecule has 0 fully saturated rings. The number of hydrogen-bond acceptors (Lipinski definition) is 4. The molecule has 6 heteroatoms. The molecular weight excluding hydrogens is 402 g/mol. The molecule has 1 unspecified atom stereocenters. The highest BCUT2D eigenvalue weighted by Gasteiger charge is 2.13. The number of nitrogens with zero attached hydrogens (tertiary/aromatic N) is 2. The second-order valence-electron chi connectivity index (χ2n) is 9.06. The fraction of sp³-hybridized carbons (Fsp3) is 0.846. The van der Waals surface area contributed by atoms with Crippen molar-refractivity contribution < 1.29 is 19.6 Å². The van der Waals surface area contributed by atoms with E-state index in [0.717, 1.165) is 32.5 Å². The van der Waals surface area contributed by atoms with Gasteiger partial charge in [0.25, 0.3) is 0 Å². The first kappa shape index (κ1) is 28.5. The summed E-state index contributed by atoms with van der Waals surface area (Å²) < 4.78 is 1.81. The van der Waals surface area contributed by atoms with Crippen LogP contribution in [0.1, 0.15) is 96.8 Å². The third-order valence-electron chi connectivity index (χ3n) is 6.01. The van der Waals surface area contributed by atoms with Gasteiger partial charge in [-0.2, -0.15) is 0 Å². The SMILES string of the molecule is CCCCCCCCCCCCCCC(O)CNCCN1C#CCC=[N+](CC(=O)O)CC1. The maximum absolute atomic E-state index is 10.9. The summed E-state index contributed by atoms with van der Waals surface area (Å²) >= 11 is 0. The number of aliphatic carboxylic acids is 1. The Morgan fingerprint density at radius 1 is 1.06 bits per heavy atom. The van der Waals surface area contributed by atoms with Crippen LogP contribution in [0.5, 0.6) is 0 Å². The summed E-state index contributed by atoms with van der Waals surface area (Å²) in [6.07, 6.45) is 19.1. The maximum Gasteiger partial charge on any atom is 0.369 e. The number of aliphatic hydroxyl groups excluding tert-OH is 1. The zero-order chi connectivity index (χ0) is 23.3. The van der Waals surface area contributed by atoms with Crippen LogP contribution < -0.4 is 5.32 Å². The van der Waals surface area contributed by atoms with Gasteiger partial charge in [0.15, 0.2) is 12.8 Å². The number of rotatable bonds is 20. The summed E-state index contributed by atoms with van der Waals surface area (Å²) in [7, 11) is 0. The van der Waals surface area contributed by atoms with E-state index in [0.29, 0.717) is 19.5 Å². The molecule has 0 bridgehead atoms. The van der Waals surface area contributed by atoms with Crippen LogP contribution in [-0.2, 0) is 4.79 Å². The number of hydrogen-bond donors (Lipinski definition) is 3. The van der Waals surface area contributed by atoms with Crippen LogP contribution in [-0.4, -0.2) is 77.2 Å². The van der Waals surface area contributed by atoms with Crippen molar-refractivity contribution in [3.8, 4) is 12.0 Å². The van der Waals surface area contributed by atoms with Crippen LogP contribution in [0, 0.1) is 12.0 Å². The predicted molar refractivity (Wildman–Crippen MR) is 132 cm³/mol. The predicted octanol–water partition coefficient (Wildman–Crippen LogP) is 3.86. The molecule has 32 heavy (non-hydrogen) atoms. The van der Waals surface area contributed by atoms with E-state index in [-0.39, 0.29) is 12.6 Å². The molecule has 0 aromatic rings. The monoisotopic (exact) mass is 450 g/mol. The van der Waals surface area contributed by atoms with Gasteiger partial charge in [-0.3, -0.25) is 0 Å². The average molecular weight is 451 g/mol. The highest BCUT2D eigenvalue weighted by Crippen LogP contribution is 2.12. The van der Waals surface area contributed by atoms with Gasteiger partial charge < -0.3 is 20.4 Å². The molecule has 0 saturated heterocycles. The van der Waals surface area contributed by atoms with E-state index in [1.165, 1.54) is 70.6 Å². The minimum absolute atomic E-state index is 0.0269. The first-order valence-corrected chi connectivity index (χ1v) is 13.0. The minimum Gasteiger partial charge on any atom is -0.477 e. The Bertz CT molecular complexity index is 568. The van der Waals surface area contributed by atoms with E-state index < -0.39 is 5.97 Å². The summed E-state index contributed by atoms with van der Waals surface area (Å²) in [6.45, 7) is 5.86. The van der Waals surface area contributed by atoms with Crippen molar-refractivity contribution in [1.29, 1.82) is 0 Å². The van der Waals surface area contributed by atoms with Gasteiger partial charge in [-0.15, -0.1) is 0 Å². The minimum atomic E-state index is -0.815. The van der Waals surface area contributed by atoms with Gasteiger partial charge in [0.05, 0.1) is 19.1 Å². The molecule has 0 aromatic carbocycles. The molecule has 0 aromatic heterocycles. The lowest BCUT2D eigenvalue weighted by atomic mass is 10.0. The lowest BCUT2D eigenvalue weighted by molar-refractivity contribution is -0.514.